The van der Waals surface area contributed by atoms with Crippen LogP contribution in [-0.2, 0) is 19.1 Å². The molecule has 0 rings (SSSR count). The summed E-state index contributed by atoms with van der Waals surface area (Å²) in [7, 11) is 0. The summed E-state index contributed by atoms with van der Waals surface area (Å²) in [5.74, 6) is -1.36. The number of hydrogen-bond donors (Lipinski definition) is 2. The van der Waals surface area contributed by atoms with Crippen LogP contribution < -0.4 is 5.32 Å². The smallest absolute Gasteiger partial charge is 0.322 e. The van der Waals surface area contributed by atoms with Crippen LogP contribution in [0.3, 0.4) is 0 Å². The SMILES string of the molecule is CC/C=C\C/C=C\C/C=C\C/C=C\C/C=C\CCCCCC(=O)OC(CCCCCC)CCCCCC(=O)NCC(=O)O. The van der Waals surface area contributed by atoms with Gasteiger partial charge in [0.05, 0.1) is 0 Å². The first-order valence-electron chi connectivity index (χ1n) is 16.9. The predicted octanol–water partition coefficient (Wildman–Crippen LogP) is 9.72. The van der Waals surface area contributed by atoms with Gasteiger partial charge < -0.3 is 15.2 Å². The molecule has 1 unspecified atom stereocenters. The lowest BCUT2D eigenvalue weighted by Crippen LogP contribution is -2.28. The number of carbonyl (C=O) groups excluding carboxylic acids is 2. The van der Waals surface area contributed by atoms with Gasteiger partial charge in [-0.1, -0.05) is 107 Å². The fourth-order valence-electron chi connectivity index (χ4n) is 4.48. The Morgan fingerprint density at radius 1 is 0.628 bits per heavy atom. The lowest BCUT2D eigenvalue weighted by molar-refractivity contribution is -0.150. The molecule has 0 aromatic carbocycles. The summed E-state index contributed by atoms with van der Waals surface area (Å²) in [4.78, 5) is 34.6. The Morgan fingerprint density at radius 3 is 1.70 bits per heavy atom. The minimum Gasteiger partial charge on any atom is -0.480 e. The number of esters is 1. The number of allylic oxidation sites excluding steroid dienone is 10. The van der Waals surface area contributed by atoms with E-state index in [-0.39, 0.29) is 24.5 Å². The van der Waals surface area contributed by atoms with Gasteiger partial charge >= 0.3 is 11.9 Å². The molecule has 1 atom stereocenters. The summed E-state index contributed by atoms with van der Waals surface area (Å²) in [6.45, 7) is 4.00. The highest BCUT2D eigenvalue weighted by atomic mass is 16.5. The molecule has 0 heterocycles. The molecule has 0 spiro atoms. The lowest BCUT2D eigenvalue weighted by atomic mass is 10.0. The summed E-state index contributed by atoms with van der Waals surface area (Å²) in [5, 5.41) is 11.0. The molecule has 0 saturated heterocycles. The molecule has 6 heteroatoms. The van der Waals surface area contributed by atoms with E-state index in [4.69, 9.17) is 9.84 Å². The molecule has 0 fully saturated rings. The van der Waals surface area contributed by atoms with Crippen molar-refractivity contribution in [3.63, 3.8) is 0 Å². The fourth-order valence-corrected chi connectivity index (χ4v) is 4.48. The van der Waals surface area contributed by atoms with E-state index in [1.54, 1.807) is 0 Å². The minimum atomic E-state index is -1.04. The van der Waals surface area contributed by atoms with E-state index in [1.165, 1.54) is 12.8 Å². The highest BCUT2D eigenvalue weighted by Crippen LogP contribution is 2.17. The molecule has 6 nitrogen and oxygen atoms in total. The summed E-state index contributed by atoms with van der Waals surface area (Å²) < 4.78 is 5.84. The summed E-state index contributed by atoms with van der Waals surface area (Å²) in [5.41, 5.74) is 0. The standard InChI is InChI=1S/C37H61NO5/c1-3-5-7-9-10-11-12-13-14-15-16-17-18-19-20-21-22-23-28-32-37(42)43-34(29-25-8-6-4-2)30-26-24-27-31-35(39)38-33-36(40)41/h5,7,10-11,13-14,16-17,19-20,34H,3-4,6,8-9,12,15,18,21-33H2,1-2H3,(H,38,39)(H,40,41)/b7-5-,11-10-,14-13-,17-16-,20-19-. The van der Waals surface area contributed by atoms with Crippen molar-refractivity contribution >= 4 is 17.8 Å². The monoisotopic (exact) mass is 599 g/mol. The molecular formula is C37H61NO5. The van der Waals surface area contributed by atoms with Gasteiger partial charge in [0.2, 0.25) is 5.91 Å². The Balaban J connectivity index is 4.00. The third kappa shape index (κ3) is 31.9. The molecule has 0 saturated carbocycles. The van der Waals surface area contributed by atoms with E-state index in [9.17, 15) is 14.4 Å². The molecule has 0 aromatic rings. The number of nitrogens with one attached hydrogen (secondary N) is 1. The van der Waals surface area contributed by atoms with Crippen LogP contribution in [0.5, 0.6) is 0 Å². The van der Waals surface area contributed by atoms with Crippen molar-refractivity contribution in [2.45, 2.75) is 148 Å². The van der Waals surface area contributed by atoms with Crippen molar-refractivity contribution < 1.29 is 24.2 Å². The third-order valence-electron chi connectivity index (χ3n) is 6.95. The molecular weight excluding hydrogens is 538 g/mol. The van der Waals surface area contributed by atoms with Gasteiger partial charge in [-0.15, -0.1) is 0 Å². The number of aliphatic carboxylic acids is 1. The molecule has 2 N–H and O–H groups in total. The quantitative estimate of drug-likeness (QED) is 0.0507. The van der Waals surface area contributed by atoms with E-state index in [0.717, 1.165) is 96.3 Å². The van der Waals surface area contributed by atoms with Crippen LogP contribution in [0, 0.1) is 0 Å². The number of ether oxygens (including phenoxy) is 1. The Morgan fingerprint density at radius 2 is 1.14 bits per heavy atom. The largest absolute Gasteiger partial charge is 0.480 e. The van der Waals surface area contributed by atoms with E-state index >= 15 is 0 Å². The normalized spacial score (nSPS) is 12.8. The molecule has 0 aliphatic rings. The van der Waals surface area contributed by atoms with Crippen molar-refractivity contribution in [3.8, 4) is 0 Å². The van der Waals surface area contributed by atoms with Crippen LogP contribution in [0.15, 0.2) is 60.8 Å². The molecule has 0 aromatic heterocycles. The van der Waals surface area contributed by atoms with Crippen molar-refractivity contribution in [1.82, 2.24) is 5.32 Å². The first-order chi connectivity index (χ1) is 21.0. The van der Waals surface area contributed by atoms with Gasteiger partial charge in [0.1, 0.15) is 12.6 Å². The maximum absolute atomic E-state index is 12.5. The molecule has 0 aliphatic carbocycles. The Kier molecular flexibility index (Phi) is 29.9. The van der Waals surface area contributed by atoms with Crippen LogP contribution in [0.4, 0.5) is 0 Å². The zero-order valence-electron chi connectivity index (χ0n) is 27.3. The number of carboxylic acid groups (broad SMARTS) is 1. The zero-order chi connectivity index (χ0) is 31.6. The lowest BCUT2D eigenvalue weighted by Gasteiger charge is -2.18. The molecule has 0 radical (unpaired) electrons. The molecule has 0 aliphatic heterocycles. The zero-order valence-corrected chi connectivity index (χ0v) is 27.3. The molecule has 0 bridgehead atoms. The predicted molar refractivity (Wildman–Crippen MR) is 180 cm³/mol. The number of amides is 1. The van der Waals surface area contributed by atoms with E-state index in [1.807, 2.05) is 0 Å². The van der Waals surface area contributed by atoms with Crippen molar-refractivity contribution in [1.29, 1.82) is 0 Å². The molecule has 43 heavy (non-hydrogen) atoms. The van der Waals surface area contributed by atoms with Gasteiger partial charge in [0.25, 0.3) is 0 Å². The maximum Gasteiger partial charge on any atom is 0.322 e. The summed E-state index contributed by atoms with van der Waals surface area (Å²) in [6, 6.07) is 0. The number of unbranched alkanes of at least 4 members (excludes halogenated alkanes) is 8. The Bertz CT molecular complexity index is 840. The first kappa shape index (κ1) is 40.1. The van der Waals surface area contributed by atoms with Crippen LogP contribution in [0.25, 0.3) is 0 Å². The van der Waals surface area contributed by atoms with Crippen LogP contribution in [-0.4, -0.2) is 35.6 Å². The van der Waals surface area contributed by atoms with Crippen molar-refractivity contribution in [2.75, 3.05) is 6.54 Å². The number of carbonyl (C=O) groups is 3. The Hall–Kier alpha value is -2.89. The van der Waals surface area contributed by atoms with Gasteiger partial charge in [-0.2, -0.15) is 0 Å². The van der Waals surface area contributed by atoms with Crippen molar-refractivity contribution in [2.24, 2.45) is 0 Å². The Labute approximate surface area is 262 Å². The molecule has 1 amide bonds. The van der Waals surface area contributed by atoms with Crippen LogP contribution in [0.1, 0.15) is 142 Å². The first-order valence-corrected chi connectivity index (χ1v) is 16.9. The minimum absolute atomic E-state index is 0.0495. The van der Waals surface area contributed by atoms with E-state index in [0.29, 0.717) is 19.3 Å². The highest BCUT2D eigenvalue weighted by Gasteiger charge is 2.14. The van der Waals surface area contributed by atoms with Gasteiger partial charge in [-0.05, 0) is 83.5 Å². The topological polar surface area (TPSA) is 92.7 Å². The number of carboxylic acids is 1. The molecule has 244 valence electrons. The maximum atomic E-state index is 12.5. The number of rotatable bonds is 29. The second-order valence-corrected chi connectivity index (χ2v) is 11.0. The van der Waals surface area contributed by atoms with Gasteiger partial charge in [-0.3, -0.25) is 14.4 Å². The number of hydrogen-bond acceptors (Lipinski definition) is 4. The summed E-state index contributed by atoms with van der Waals surface area (Å²) >= 11 is 0. The average molecular weight is 600 g/mol. The second-order valence-electron chi connectivity index (χ2n) is 11.0. The van der Waals surface area contributed by atoms with Crippen LogP contribution in [0.2, 0.25) is 0 Å². The van der Waals surface area contributed by atoms with E-state index < -0.39 is 5.97 Å². The highest BCUT2D eigenvalue weighted by molar-refractivity contribution is 5.80. The third-order valence-corrected chi connectivity index (χ3v) is 6.95. The van der Waals surface area contributed by atoms with Gasteiger partial charge in [0, 0.05) is 12.8 Å². The van der Waals surface area contributed by atoms with Crippen LogP contribution >= 0.6 is 0 Å². The van der Waals surface area contributed by atoms with Crippen molar-refractivity contribution in [3.05, 3.63) is 60.8 Å². The second kappa shape index (κ2) is 32.0. The average Bonchev–Trinajstić information content (AvgIpc) is 2.99. The van der Waals surface area contributed by atoms with E-state index in [2.05, 4.69) is 79.9 Å². The van der Waals surface area contributed by atoms with Gasteiger partial charge in [0.15, 0.2) is 0 Å². The fraction of sp³-hybridized carbons (Fsp3) is 0.649. The van der Waals surface area contributed by atoms with Gasteiger partial charge in [-0.25, -0.2) is 0 Å². The summed E-state index contributed by atoms with van der Waals surface area (Å²) in [6.07, 6.45) is 40.7.